The topological polar surface area (TPSA) is 68.3 Å². The van der Waals surface area contributed by atoms with Crippen molar-refractivity contribution in [2.24, 2.45) is 0 Å². The van der Waals surface area contributed by atoms with Gasteiger partial charge in [-0.05, 0) is 84.7 Å². The molecule has 0 radical (unpaired) electrons. The summed E-state index contributed by atoms with van der Waals surface area (Å²) in [6.07, 6.45) is 2.51. The predicted octanol–water partition coefficient (Wildman–Crippen LogP) is 5.51. The summed E-state index contributed by atoms with van der Waals surface area (Å²) in [5, 5.41) is 0.181. The van der Waals surface area contributed by atoms with Crippen LogP contribution in [0, 0.1) is 5.82 Å². The van der Waals surface area contributed by atoms with Gasteiger partial charge < -0.3 is 19.1 Å². The molecule has 0 saturated carbocycles. The first-order valence-electron chi connectivity index (χ1n) is 12.5. The molecule has 1 aliphatic heterocycles. The Bertz CT molecular complexity index is 1410. The molecule has 1 saturated heterocycles. The number of hydrogen-bond donors (Lipinski definition) is 0. The van der Waals surface area contributed by atoms with Gasteiger partial charge >= 0.3 is 5.97 Å². The molecule has 1 amide bonds. The molecule has 202 valence electrons. The molecule has 7 nitrogen and oxygen atoms in total. The minimum atomic E-state index is -0.532. The molecule has 0 spiro atoms. The number of benzene rings is 3. The maximum absolute atomic E-state index is 13.6. The monoisotopic (exact) mass is 548 g/mol. The molecule has 1 heterocycles. The van der Waals surface area contributed by atoms with Crippen LogP contribution in [0.1, 0.15) is 30.5 Å². The average molecular weight is 549 g/mol. The van der Waals surface area contributed by atoms with Gasteiger partial charge in [0.05, 0.1) is 19.4 Å². The number of hydrogen-bond acceptors (Lipinski definition) is 6. The van der Waals surface area contributed by atoms with Gasteiger partial charge in [0.1, 0.15) is 24.7 Å². The molecule has 0 bridgehead atoms. The maximum Gasteiger partial charge on any atom is 0.325 e. The van der Waals surface area contributed by atoms with Crippen molar-refractivity contribution < 1.29 is 28.2 Å². The van der Waals surface area contributed by atoms with Gasteiger partial charge in [-0.15, -0.1) is 0 Å². The van der Waals surface area contributed by atoms with E-state index < -0.39 is 5.97 Å². The van der Waals surface area contributed by atoms with Crippen molar-refractivity contribution in [2.45, 2.75) is 26.9 Å². The number of aryl methyl sites for hydroxylation is 1. The van der Waals surface area contributed by atoms with Gasteiger partial charge in [0.15, 0.2) is 16.6 Å². The lowest BCUT2D eigenvalue weighted by atomic mass is 10.1. The van der Waals surface area contributed by atoms with Gasteiger partial charge in [-0.25, -0.2) is 4.39 Å². The molecule has 1 fully saturated rings. The second-order valence-electron chi connectivity index (χ2n) is 8.69. The molecule has 0 aliphatic carbocycles. The van der Waals surface area contributed by atoms with Crippen LogP contribution in [-0.4, -0.2) is 42.2 Å². The molecule has 3 aromatic carbocycles. The molecule has 3 aromatic rings. The number of anilines is 1. The van der Waals surface area contributed by atoms with E-state index in [1.165, 1.54) is 29.0 Å². The lowest BCUT2D eigenvalue weighted by Gasteiger charge is -2.19. The lowest BCUT2D eigenvalue weighted by Crippen LogP contribution is -2.35. The molecule has 1 aliphatic rings. The Hall–Kier alpha value is -4.24. The number of rotatable bonds is 10. The fourth-order valence-electron chi connectivity index (χ4n) is 4.08. The fraction of sp³-hybridized carbons (Fsp3) is 0.233. The number of halogens is 1. The van der Waals surface area contributed by atoms with Gasteiger partial charge in [0.25, 0.3) is 5.91 Å². The summed E-state index contributed by atoms with van der Waals surface area (Å²) in [4.78, 5) is 28.7. The SMILES string of the molecule is CCOc1cc(/C=C2/C(=O)N(c3ccc(CC)cc3)C(=S)N2CC(=O)OC)ccc1OCc1cccc(F)c1. The largest absolute Gasteiger partial charge is 0.490 e. The lowest BCUT2D eigenvalue weighted by molar-refractivity contribution is -0.140. The van der Waals surface area contributed by atoms with E-state index in [1.807, 2.05) is 38.1 Å². The van der Waals surface area contributed by atoms with Crippen LogP contribution in [0.4, 0.5) is 10.1 Å². The second kappa shape index (κ2) is 12.5. The number of amides is 1. The van der Waals surface area contributed by atoms with E-state index >= 15 is 0 Å². The minimum Gasteiger partial charge on any atom is -0.490 e. The number of methoxy groups -OCH3 is 1. The molecule has 0 atom stereocenters. The zero-order valence-electron chi connectivity index (χ0n) is 22.0. The predicted molar refractivity (Wildman–Crippen MR) is 151 cm³/mol. The van der Waals surface area contributed by atoms with Crippen LogP contribution in [-0.2, 0) is 27.4 Å². The average Bonchev–Trinajstić information content (AvgIpc) is 3.16. The van der Waals surface area contributed by atoms with Crippen molar-refractivity contribution in [1.29, 1.82) is 0 Å². The third-order valence-electron chi connectivity index (χ3n) is 6.11. The standard InChI is InChI=1S/C30H29FN2O5S/c1-4-20-9-12-24(13-10-20)33-29(35)25(32(30(33)39)18-28(34)36-3)16-21-11-14-26(27(17-21)37-5-2)38-19-22-7-6-8-23(31)15-22/h6-17H,4-5,18-19H2,1-3H3/b25-16-. The first kappa shape index (κ1) is 27.8. The summed E-state index contributed by atoms with van der Waals surface area (Å²) in [5.74, 6) is -0.301. The second-order valence-corrected chi connectivity index (χ2v) is 9.06. The van der Waals surface area contributed by atoms with E-state index in [9.17, 15) is 14.0 Å². The Balaban J connectivity index is 1.66. The normalized spacial score (nSPS) is 14.2. The van der Waals surface area contributed by atoms with E-state index in [1.54, 1.807) is 36.4 Å². The number of carbonyl (C=O) groups is 2. The zero-order chi connectivity index (χ0) is 27.9. The van der Waals surface area contributed by atoms with Crippen molar-refractivity contribution in [1.82, 2.24) is 4.90 Å². The zero-order valence-corrected chi connectivity index (χ0v) is 22.8. The third kappa shape index (κ3) is 6.43. The van der Waals surface area contributed by atoms with Gasteiger partial charge in [-0.2, -0.15) is 0 Å². The highest BCUT2D eigenvalue weighted by Gasteiger charge is 2.40. The van der Waals surface area contributed by atoms with Crippen LogP contribution < -0.4 is 14.4 Å². The number of nitrogens with zero attached hydrogens (tertiary/aromatic N) is 2. The van der Waals surface area contributed by atoms with Crippen molar-refractivity contribution in [3.8, 4) is 11.5 Å². The Morgan fingerprint density at radius 1 is 0.974 bits per heavy atom. The Kier molecular flexibility index (Phi) is 8.93. The van der Waals surface area contributed by atoms with Crippen LogP contribution >= 0.6 is 12.2 Å². The first-order valence-corrected chi connectivity index (χ1v) is 12.9. The highest BCUT2D eigenvalue weighted by molar-refractivity contribution is 7.80. The number of esters is 1. The fourth-order valence-corrected chi connectivity index (χ4v) is 4.43. The third-order valence-corrected chi connectivity index (χ3v) is 6.51. The molecule has 4 rings (SSSR count). The molecule has 0 N–H and O–H groups in total. The van der Waals surface area contributed by atoms with Crippen LogP contribution in [0.15, 0.2) is 72.4 Å². The van der Waals surface area contributed by atoms with Crippen molar-refractivity contribution in [3.05, 3.63) is 94.9 Å². The number of carbonyl (C=O) groups excluding carboxylic acids is 2. The van der Waals surface area contributed by atoms with E-state index in [4.69, 9.17) is 26.4 Å². The van der Waals surface area contributed by atoms with E-state index in [2.05, 4.69) is 0 Å². The smallest absolute Gasteiger partial charge is 0.325 e. The Morgan fingerprint density at radius 3 is 2.41 bits per heavy atom. The van der Waals surface area contributed by atoms with Crippen LogP contribution in [0.25, 0.3) is 6.08 Å². The van der Waals surface area contributed by atoms with Crippen molar-refractivity contribution >= 4 is 41.0 Å². The van der Waals surface area contributed by atoms with Gasteiger partial charge in [0.2, 0.25) is 0 Å². The molecular formula is C30H29FN2O5S. The summed E-state index contributed by atoms with van der Waals surface area (Å²) >= 11 is 5.63. The summed E-state index contributed by atoms with van der Waals surface area (Å²) in [6.45, 7) is 4.22. The highest BCUT2D eigenvalue weighted by Crippen LogP contribution is 2.33. The van der Waals surface area contributed by atoms with Crippen molar-refractivity contribution in [3.63, 3.8) is 0 Å². The first-order chi connectivity index (χ1) is 18.8. The van der Waals surface area contributed by atoms with Crippen LogP contribution in [0.2, 0.25) is 0 Å². The Morgan fingerprint density at radius 2 is 1.74 bits per heavy atom. The summed E-state index contributed by atoms with van der Waals surface area (Å²) in [7, 11) is 1.28. The van der Waals surface area contributed by atoms with Gasteiger partial charge in [0, 0.05) is 0 Å². The van der Waals surface area contributed by atoms with E-state index in [0.29, 0.717) is 34.9 Å². The summed E-state index contributed by atoms with van der Waals surface area (Å²) in [6, 6.07) is 18.9. The number of ether oxygens (including phenoxy) is 3. The molecular weight excluding hydrogens is 519 g/mol. The molecule has 0 aromatic heterocycles. The van der Waals surface area contributed by atoms with Crippen molar-refractivity contribution in [2.75, 3.05) is 25.2 Å². The maximum atomic E-state index is 13.6. The quantitative estimate of drug-likeness (QED) is 0.188. The number of thiocarbonyl (C=S) groups is 1. The Labute approximate surface area is 232 Å². The van der Waals surface area contributed by atoms with E-state index in [-0.39, 0.29) is 35.7 Å². The molecule has 9 heteroatoms. The van der Waals surface area contributed by atoms with Crippen LogP contribution in [0.5, 0.6) is 11.5 Å². The summed E-state index contributed by atoms with van der Waals surface area (Å²) < 4.78 is 30.1. The molecule has 39 heavy (non-hydrogen) atoms. The van der Waals surface area contributed by atoms with Crippen LogP contribution in [0.3, 0.4) is 0 Å². The van der Waals surface area contributed by atoms with E-state index in [0.717, 1.165) is 12.0 Å². The summed E-state index contributed by atoms with van der Waals surface area (Å²) in [5.41, 5.74) is 3.28. The highest BCUT2D eigenvalue weighted by atomic mass is 32.1. The minimum absolute atomic E-state index is 0.156. The van der Waals surface area contributed by atoms with Gasteiger partial charge in [-0.1, -0.05) is 37.3 Å². The van der Waals surface area contributed by atoms with Gasteiger partial charge in [-0.3, -0.25) is 14.5 Å². The molecule has 0 unspecified atom stereocenters.